The third-order valence-electron chi connectivity index (χ3n) is 5.44. The maximum absolute atomic E-state index is 14.2. The molecule has 0 aliphatic carbocycles. The quantitative estimate of drug-likeness (QED) is 0.528. The zero-order valence-corrected chi connectivity index (χ0v) is 16.8. The van der Waals surface area contributed by atoms with Gasteiger partial charge in [0.1, 0.15) is 11.6 Å². The molecule has 156 valence electrons. The molecule has 0 radical (unpaired) electrons. The van der Waals surface area contributed by atoms with E-state index in [1.54, 1.807) is 6.07 Å². The molecule has 2 aromatic heterocycles. The number of nitrogens with zero attached hydrogens (tertiary/aromatic N) is 5. The van der Waals surface area contributed by atoms with Gasteiger partial charge in [-0.1, -0.05) is 18.2 Å². The van der Waals surface area contributed by atoms with E-state index in [-0.39, 0.29) is 17.2 Å². The first kappa shape index (κ1) is 19.1. The van der Waals surface area contributed by atoms with Crippen LogP contribution in [0.1, 0.15) is 11.1 Å². The molecule has 9 heteroatoms. The molecule has 0 atom stereocenters. The molecule has 0 saturated carbocycles. The van der Waals surface area contributed by atoms with Crippen molar-refractivity contribution in [2.45, 2.75) is 13.0 Å². The van der Waals surface area contributed by atoms with Crippen molar-refractivity contribution in [1.82, 2.24) is 24.4 Å². The second-order valence-electron chi connectivity index (χ2n) is 7.59. The van der Waals surface area contributed by atoms with E-state index >= 15 is 0 Å². The Morgan fingerprint density at radius 3 is 2.81 bits per heavy atom. The van der Waals surface area contributed by atoms with Gasteiger partial charge in [0.05, 0.1) is 11.1 Å². The largest absolute Gasteiger partial charge is 0.384 e. The van der Waals surface area contributed by atoms with Crippen molar-refractivity contribution < 1.29 is 4.39 Å². The van der Waals surface area contributed by atoms with E-state index in [9.17, 15) is 9.18 Å². The van der Waals surface area contributed by atoms with Crippen molar-refractivity contribution >= 4 is 28.5 Å². The van der Waals surface area contributed by atoms with E-state index in [2.05, 4.69) is 44.3 Å². The van der Waals surface area contributed by atoms with Crippen molar-refractivity contribution in [3.8, 4) is 5.69 Å². The fourth-order valence-corrected chi connectivity index (χ4v) is 3.83. The molecule has 3 N–H and O–H groups in total. The molecule has 8 nitrogen and oxygen atoms in total. The number of likely N-dealkylation sites (N-methyl/N-ethyl adjacent to an activating group) is 1. The Morgan fingerprint density at radius 1 is 1.13 bits per heavy atom. The predicted octanol–water partition coefficient (Wildman–Crippen LogP) is 2.63. The number of nitrogen functional groups attached to an aromatic ring is 1. The molecule has 5 rings (SSSR count). The molecule has 1 aliphatic rings. The lowest BCUT2D eigenvalue weighted by atomic mass is 9.99. The van der Waals surface area contributed by atoms with E-state index in [4.69, 9.17) is 5.73 Å². The van der Waals surface area contributed by atoms with Gasteiger partial charge in [0, 0.05) is 25.0 Å². The fourth-order valence-electron chi connectivity index (χ4n) is 3.83. The molecule has 1 aliphatic heterocycles. The van der Waals surface area contributed by atoms with E-state index < -0.39 is 11.5 Å². The second-order valence-corrected chi connectivity index (χ2v) is 7.59. The van der Waals surface area contributed by atoms with Crippen molar-refractivity contribution in [2.24, 2.45) is 0 Å². The Balaban J connectivity index is 1.52. The van der Waals surface area contributed by atoms with Crippen LogP contribution in [0.4, 0.5) is 21.8 Å². The summed E-state index contributed by atoms with van der Waals surface area (Å²) in [6.45, 7) is 1.93. The number of aromatic nitrogens is 4. The first-order valence-electron chi connectivity index (χ1n) is 9.87. The van der Waals surface area contributed by atoms with Crippen LogP contribution in [0, 0.1) is 5.82 Å². The van der Waals surface area contributed by atoms with Gasteiger partial charge in [0.15, 0.2) is 5.65 Å². The minimum Gasteiger partial charge on any atom is -0.384 e. The lowest BCUT2D eigenvalue weighted by molar-refractivity contribution is 0.313. The van der Waals surface area contributed by atoms with Gasteiger partial charge in [-0.3, -0.25) is 0 Å². The molecule has 0 unspecified atom stereocenters. The highest BCUT2D eigenvalue weighted by Gasteiger charge is 2.16. The van der Waals surface area contributed by atoms with Gasteiger partial charge < -0.3 is 16.0 Å². The molecule has 4 aromatic rings. The first-order valence-corrected chi connectivity index (χ1v) is 9.87. The highest BCUT2D eigenvalue weighted by molar-refractivity contribution is 5.86. The van der Waals surface area contributed by atoms with Crippen molar-refractivity contribution in [3.05, 3.63) is 76.1 Å². The van der Waals surface area contributed by atoms with Gasteiger partial charge in [0.25, 0.3) is 0 Å². The Morgan fingerprint density at radius 2 is 1.97 bits per heavy atom. The summed E-state index contributed by atoms with van der Waals surface area (Å²) < 4.78 is 15.2. The van der Waals surface area contributed by atoms with Crippen LogP contribution >= 0.6 is 0 Å². The van der Waals surface area contributed by atoms with Crippen LogP contribution < -0.4 is 16.7 Å². The Bertz CT molecular complexity index is 1370. The average molecular weight is 417 g/mol. The maximum atomic E-state index is 14.2. The molecule has 31 heavy (non-hydrogen) atoms. The van der Waals surface area contributed by atoms with Gasteiger partial charge in [-0.25, -0.2) is 18.7 Å². The number of fused-ring (bicyclic) bond motifs is 2. The van der Waals surface area contributed by atoms with E-state index in [1.165, 1.54) is 35.5 Å². The summed E-state index contributed by atoms with van der Waals surface area (Å²) in [7, 11) is 2.10. The number of hydrogen-bond donors (Lipinski definition) is 2. The summed E-state index contributed by atoms with van der Waals surface area (Å²) >= 11 is 0. The van der Waals surface area contributed by atoms with Crippen LogP contribution in [-0.4, -0.2) is 38.0 Å². The zero-order valence-electron chi connectivity index (χ0n) is 16.8. The monoisotopic (exact) mass is 417 g/mol. The minimum atomic E-state index is -0.712. The maximum Gasteiger partial charge on any atom is 0.355 e. The predicted molar refractivity (Wildman–Crippen MR) is 117 cm³/mol. The number of nitrogens with two attached hydrogens (primary N) is 1. The summed E-state index contributed by atoms with van der Waals surface area (Å²) in [5.74, 6) is -0.246. The number of benzene rings is 2. The fraction of sp³-hybridized carbons (Fsp3) is 0.182. The van der Waals surface area contributed by atoms with Gasteiger partial charge in [-0.2, -0.15) is 9.97 Å². The number of para-hydroxylation sites is 1. The molecule has 3 heterocycles. The molecule has 0 bridgehead atoms. The van der Waals surface area contributed by atoms with Crippen LogP contribution in [0.2, 0.25) is 0 Å². The average Bonchev–Trinajstić information content (AvgIpc) is 2.74. The summed E-state index contributed by atoms with van der Waals surface area (Å²) in [5, 5.41) is 3.53. The summed E-state index contributed by atoms with van der Waals surface area (Å²) in [5.41, 5.74) is 9.07. The van der Waals surface area contributed by atoms with Crippen molar-refractivity contribution in [1.29, 1.82) is 0 Å². The summed E-state index contributed by atoms with van der Waals surface area (Å²) in [4.78, 5) is 27.5. The van der Waals surface area contributed by atoms with Crippen molar-refractivity contribution in [3.63, 3.8) is 0 Å². The van der Waals surface area contributed by atoms with Crippen LogP contribution in [0.25, 0.3) is 16.7 Å². The summed E-state index contributed by atoms with van der Waals surface area (Å²) in [6.07, 6.45) is 2.51. The van der Waals surface area contributed by atoms with Crippen molar-refractivity contribution in [2.75, 3.05) is 24.6 Å². The number of hydrogen-bond acceptors (Lipinski definition) is 7. The van der Waals surface area contributed by atoms with E-state index in [0.29, 0.717) is 11.3 Å². The smallest absolute Gasteiger partial charge is 0.355 e. The molecule has 0 amide bonds. The highest BCUT2D eigenvalue weighted by atomic mass is 19.1. The van der Waals surface area contributed by atoms with E-state index in [0.717, 1.165) is 29.8 Å². The topological polar surface area (TPSA) is 102 Å². The lowest BCUT2D eigenvalue weighted by Crippen LogP contribution is -2.26. The number of rotatable bonds is 3. The molecular weight excluding hydrogens is 397 g/mol. The zero-order chi connectivity index (χ0) is 21.5. The SMILES string of the molecule is CN1CCc2ccc(Nc3ncc4c(N)n(-c5ccccc5F)c(=O)nc4n3)cc2C1. The molecular formula is C22H20FN7O. The minimum absolute atomic E-state index is 0.0284. The van der Waals surface area contributed by atoms with Crippen LogP contribution in [0.15, 0.2) is 53.5 Å². The van der Waals surface area contributed by atoms with Gasteiger partial charge in [-0.15, -0.1) is 0 Å². The Hall–Kier alpha value is -3.85. The highest BCUT2D eigenvalue weighted by Crippen LogP contribution is 2.25. The van der Waals surface area contributed by atoms with Gasteiger partial charge in [0.2, 0.25) is 5.95 Å². The molecule has 0 spiro atoms. The lowest BCUT2D eigenvalue weighted by Gasteiger charge is -2.25. The first-order chi connectivity index (χ1) is 15.0. The Labute approximate surface area is 177 Å². The van der Waals surface area contributed by atoms with Gasteiger partial charge >= 0.3 is 5.69 Å². The standard InChI is InChI=1S/C22H20FN7O/c1-29-9-8-13-6-7-15(10-14(13)12-29)26-21-25-11-16-19(24)30(22(31)28-20(16)27-21)18-5-3-2-4-17(18)23/h2-7,10-11H,8-9,12,24H2,1H3,(H,26,27,28,31). The van der Waals surface area contributed by atoms with E-state index in [1.807, 2.05) is 6.07 Å². The number of nitrogens with one attached hydrogen (secondary N) is 1. The third-order valence-corrected chi connectivity index (χ3v) is 5.44. The van der Waals surface area contributed by atoms with Crippen LogP contribution in [0.5, 0.6) is 0 Å². The molecule has 0 saturated heterocycles. The number of anilines is 3. The summed E-state index contributed by atoms with van der Waals surface area (Å²) in [6, 6.07) is 12.0. The Kier molecular flexibility index (Phi) is 4.59. The molecule has 0 fully saturated rings. The number of halogens is 1. The van der Waals surface area contributed by atoms with Crippen LogP contribution in [-0.2, 0) is 13.0 Å². The normalized spacial score (nSPS) is 13.9. The third kappa shape index (κ3) is 3.49. The molecule has 2 aromatic carbocycles. The van der Waals surface area contributed by atoms with Crippen LogP contribution in [0.3, 0.4) is 0 Å². The second kappa shape index (κ2) is 7.44. The van der Waals surface area contributed by atoms with Gasteiger partial charge in [-0.05, 0) is 48.9 Å².